The van der Waals surface area contributed by atoms with Crippen LogP contribution in [-0.2, 0) is 6.42 Å². The van der Waals surface area contributed by atoms with Crippen molar-refractivity contribution < 1.29 is 4.52 Å². The van der Waals surface area contributed by atoms with Crippen molar-refractivity contribution in [3.63, 3.8) is 0 Å². The molecule has 0 aliphatic carbocycles. The van der Waals surface area contributed by atoms with Crippen molar-refractivity contribution in [1.29, 1.82) is 0 Å². The normalized spacial score (nSPS) is 10.7. The Morgan fingerprint density at radius 3 is 2.27 bits per heavy atom. The Morgan fingerprint density at radius 1 is 1.00 bits per heavy atom. The third-order valence-corrected chi connectivity index (χ3v) is 2.78. The molecular weight excluding hydrogens is 186 g/mol. The zero-order valence-electron chi connectivity index (χ0n) is 9.87. The molecule has 1 aromatic rings. The summed E-state index contributed by atoms with van der Waals surface area (Å²) in [6.07, 6.45) is 13.7. The summed E-state index contributed by atoms with van der Waals surface area (Å²) in [5, 5.41) is 3.90. The van der Waals surface area contributed by atoms with Gasteiger partial charge in [0, 0.05) is 6.07 Å². The van der Waals surface area contributed by atoms with E-state index in [2.05, 4.69) is 12.1 Å². The van der Waals surface area contributed by atoms with E-state index in [0.717, 1.165) is 12.1 Å². The molecule has 86 valence electrons. The Balaban J connectivity index is 1.81. The van der Waals surface area contributed by atoms with E-state index in [-0.39, 0.29) is 0 Å². The van der Waals surface area contributed by atoms with Crippen molar-refractivity contribution >= 4 is 0 Å². The maximum absolute atomic E-state index is 4.79. The Kier molecular flexibility index (Phi) is 6.97. The summed E-state index contributed by atoms with van der Waals surface area (Å²) in [4.78, 5) is 0. The highest BCUT2D eigenvalue weighted by Gasteiger charge is 1.96. The molecule has 0 aliphatic heterocycles. The van der Waals surface area contributed by atoms with E-state index in [1.807, 2.05) is 6.07 Å². The molecule has 1 aromatic heterocycles. The zero-order chi connectivity index (χ0) is 10.8. The first-order valence-electron chi connectivity index (χ1n) is 6.32. The van der Waals surface area contributed by atoms with Gasteiger partial charge in [-0.25, -0.2) is 0 Å². The molecule has 0 aliphatic rings. The van der Waals surface area contributed by atoms with Crippen molar-refractivity contribution in [3.05, 3.63) is 18.0 Å². The fourth-order valence-electron chi connectivity index (χ4n) is 1.81. The minimum atomic E-state index is 1.07. The van der Waals surface area contributed by atoms with Crippen molar-refractivity contribution in [1.82, 2.24) is 5.16 Å². The Bertz CT molecular complexity index is 218. The highest BCUT2D eigenvalue weighted by atomic mass is 16.5. The fourth-order valence-corrected chi connectivity index (χ4v) is 1.81. The second-order valence-electron chi connectivity index (χ2n) is 4.22. The minimum absolute atomic E-state index is 1.07. The SMILES string of the molecule is CCCCCCCCCCc1ccon1. The lowest BCUT2D eigenvalue weighted by atomic mass is 10.1. The van der Waals surface area contributed by atoms with Crippen molar-refractivity contribution in [2.45, 2.75) is 64.7 Å². The van der Waals surface area contributed by atoms with Crippen LogP contribution >= 0.6 is 0 Å². The first-order valence-corrected chi connectivity index (χ1v) is 6.32. The Hall–Kier alpha value is -0.790. The summed E-state index contributed by atoms with van der Waals surface area (Å²) in [5.74, 6) is 0. The van der Waals surface area contributed by atoms with Crippen LogP contribution in [0.15, 0.2) is 16.9 Å². The van der Waals surface area contributed by atoms with E-state index in [0.29, 0.717) is 0 Å². The lowest BCUT2D eigenvalue weighted by Gasteiger charge is -2.00. The van der Waals surface area contributed by atoms with E-state index in [9.17, 15) is 0 Å². The molecule has 0 fully saturated rings. The summed E-state index contributed by atoms with van der Waals surface area (Å²) in [6.45, 7) is 2.26. The zero-order valence-corrected chi connectivity index (χ0v) is 9.87. The van der Waals surface area contributed by atoms with Crippen LogP contribution < -0.4 is 0 Å². The van der Waals surface area contributed by atoms with Gasteiger partial charge in [0.25, 0.3) is 0 Å². The Morgan fingerprint density at radius 2 is 1.67 bits per heavy atom. The first-order chi connectivity index (χ1) is 7.43. The lowest BCUT2D eigenvalue weighted by Crippen LogP contribution is -1.86. The molecule has 0 amide bonds. The summed E-state index contributed by atoms with van der Waals surface area (Å²) in [6, 6.07) is 1.96. The fraction of sp³-hybridized carbons (Fsp3) is 0.769. The van der Waals surface area contributed by atoms with Crippen LogP contribution in [0.1, 0.15) is 64.0 Å². The first kappa shape index (κ1) is 12.3. The van der Waals surface area contributed by atoms with Crippen molar-refractivity contribution in [2.24, 2.45) is 0 Å². The monoisotopic (exact) mass is 209 g/mol. The number of rotatable bonds is 9. The van der Waals surface area contributed by atoms with Gasteiger partial charge in [-0.15, -0.1) is 0 Å². The molecule has 0 unspecified atom stereocenters. The molecule has 0 aromatic carbocycles. The standard InChI is InChI=1S/C13H23NO/c1-2-3-4-5-6-7-8-9-10-13-11-12-15-14-13/h11-12H,2-10H2,1H3. The average molecular weight is 209 g/mol. The molecule has 0 saturated carbocycles. The van der Waals surface area contributed by atoms with Crippen molar-refractivity contribution in [2.75, 3.05) is 0 Å². The predicted octanol–water partition coefficient (Wildman–Crippen LogP) is 4.36. The predicted molar refractivity (Wildman–Crippen MR) is 62.8 cm³/mol. The molecule has 0 atom stereocenters. The van der Waals surface area contributed by atoms with E-state index in [1.165, 1.54) is 51.4 Å². The molecule has 0 spiro atoms. The van der Waals surface area contributed by atoms with Gasteiger partial charge < -0.3 is 4.52 Å². The van der Waals surface area contributed by atoms with E-state index >= 15 is 0 Å². The molecule has 0 radical (unpaired) electrons. The number of aromatic nitrogens is 1. The third-order valence-electron chi connectivity index (χ3n) is 2.78. The number of nitrogens with zero attached hydrogens (tertiary/aromatic N) is 1. The summed E-state index contributed by atoms with van der Waals surface area (Å²) < 4.78 is 4.79. The Labute approximate surface area is 93.0 Å². The summed E-state index contributed by atoms with van der Waals surface area (Å²) in [5.41, 5.74) is 1.10. The maximum Gasteiger partial charge on any atom is 0.124 e. The number of unbranched alkanes of at least 4 members (excludes halogenated alkanes) is 7. The van der Waals surface area contributed by atoms with Crippen LogP contribution in [0.2, 0.25) is 0 Å². The second kappa shape index (κ2) is 8.51. The van der Waals surface area contributed by atoms with Crippen LogP contribution in [0.3, 0.4) is 0 Å². The summed E-state index contributed by atoms with van der Waals surface area (Å²) in [7, 11) is 0. The smallest absolute Gasteiger partial charge is 0.124 e. The second-order valence-corrected chi connectivity index (χ2v) is 4.22. The van der Waals surface area contributed by atoms with Gasteiger partial charge in [-0.2, -0.15) is 0 Å². The van der Waals surface area contributed by atoms with Gasteiger partial charge in [-0.05, 0) is 12.8 Å². The summed E-state index contributed by atoms with van der Waals surface area (Å²) >= 11 is 0. The molecule has 1 heterocycles. The molecular formula is C13H23NO. The molecule has 0 bridgehead atoms. The van der Waals surface area contributed by atoms with Crippen LogP contribution in [0.25, 0.3) is 0 Å². The van der Waals surface area contributed by atoms with E-state index in [1.54, 1.807) is 6.26 Å². The quantitative estimate of drug-likeness (QED) is 0.565. The van der Waals surface area contributed by atoms with Gasteiger partial charge >= 0.3 is 0 Å². The molecule has 0 N–H and O–H groups in total. The van der Waals surface area contributed by atoms with E-state index in [4.69, 9.17) is 4.52 Å². The van der Waals surface area contributed by atoms with Gasteiger partial charge in [0.05, 0.1) is 5.69 Å². The number of hydrogen-bond donors (Lipinski definition) is 0. The molecule has 2 nitrogen and oxygen atoms in total. The van der Waals surface area contributed by atoms with Crippen LogP contribution in [0.4, 0.5) is 0 Å². The van der Waals surface area contributed by atoms with Gasteiger partial charge in [-0.1, -0.05) is 57.0 Å². The maximum atomic E-state index is 4.79. The van der Waals surface area contributed by atoms with Crippen LogP contribution in [-0.4, -0.2) is 5.16 Å². The molecule has 0 saturated heterocycles. The number of aryl methyl sites for hydroxylation is 1. The topological polar surface area (TPSA) is 26.0 Å². The molecule has 15 heavy (non-hydrogen) atoms. The van der Waals surface area contributed by atoms with E-state index < -0.39 is 0 Å². The van der Waals surface area contributed by atoms with Gasteiger partial charge in [-0.3, -0.25) is 0 Å². The third kappa shape index (κ3) is 6.32. The lowest BCUT2D eigenvalue weighted by molar-refractivity contribution is 0.410. The van der Waals surface area contributed by atoms with Crippen LogP contribution in [0, 0.1) is 0 Å². The largest absolute Gasteiger partial charge is 0.365 e. The molecule has 1 rings (SSSR count). The minimum Gasteiger partial charge on any atom is -0.365 e. The van der Waals surface area contributed by atoms with Crippen molar-refractivity contribution in [3.8, 4) is 0 Å². The highest BCUT2D eigenvalue weighted by molar-refractivity contribution is 4.94. The highest BCUT2D eigenvalue weighted by Crippen LogP contribution is 2.10. The van der Waals surface area contributed by atoms with Gasteiger partial charge in [0.1, 0.15) is 6.26 Å². The van der Waals surface area contributed by atoms with Crippen LogP contribution in [0.5, 0.6) is 0 Å². The van der Waals surface area contributed by atoms with Gasteiger partial charge in [0.2, 0.25) is 0 Å². The molecule has 2 heteroatoms. The average Bonchev–Trinajstić information content (AvgIpc) is 2.75. The number of hydrogen-bond acceptors (Lipinski definition) is 2. The van der Waals surface area contributed by atoms with Gasteiger partial charge in [0.15, 0.2) is 0 Å².